The lowest BCUT2D eigenvalue weighted by Gasteiger charge is -2.03. The normalized spacial score (nSPS) is 18.2. The average molecular weight is 202 g/mol. The molecule has 78 valence electrons. The van der Waals surface area contributed by atoms with Crippen LogP contribution in [-0.4, -0.2) is 20.7 Å². The Labute approximate surface area is 88.2 Å². The fourth-order valence-corrected chi connectivity index (χ4v) is 1.87. The van der Waals surface area contributed by atoms with Crippen LogP contribution in [0.3, 0.4) is 0 Å². The minimum Gasteiger partial charge on any atom is -0.390 e. The van der Waals surface area contributed by atoms with Crippen molar-refractivity contribution in [2.45, 2.75) is 31.3 Å². The molecule has 2 N–H and O–H groups in total. The highest BCUT2D eigenvalue weighted by molar-refractivity contribution is 5.74. The van der Waals surface area contributed by atoms with Crippen LogP contribution in [0.2, 0.25) is 0 Å². The molecule has 1 saturated carbocycles. The van der Waals surface area contributed by atoms with Crippen molar-refractivity contribution in [3.8, 4) is 0 Å². The van der Waals surface area contributed by atoms with Crippen LogP contribution in [0.15, 0.2) is 24.3 Å². The van der Waals surface area contributed by atoms with Gasteiger partial charge in [0.2, 0.25) is 0 Å². The molecule has 0 spiro atoms. The molecule has 0 unspecified atom stereocenters. The molecular weight excluding hydrogens is 188 g/mol. The quantitative estimate of drug-likeness (QED) is 0.800. The number of aliphatic hydroxyl groups is 1. The van der Waals surface area contributed by atoms with Crippen LogP contribution in [-0.2, 0) is 6.42 Å². The van der Waals surface area contributed by atoms with Crippen LogP contribution < -0.4 is 0 Å². The van der Waals surface area contributed by atoms with E-state index in [0.29, 0.717) is 0 Å². The van der Waals surface area contributed by atoms with Gasteiger partial charge >= 0.3 is 0 Å². The molecule has 0 atom stereocenters. The van der Waals surface area contributed by atoms with Crippen molar-refractivity contribution < 1.29 is 5.11 Å². The standard InChI is InChI=1S/C12H14N2O/c15-12(7-8-12)6-5-11-13-9-3-1-2-4-10(9)14-11/h1-4,15H,5-8H2,(H,13,14). The van der Waals surface area contributed by atoms with Crippen molar-refractivity contribution in [2.75, 3.05) is 0 Å². The lowest BCUT2D eigenvalue weighted by molar-refractivity contribution is 0.140. The summed E-state index contributed by atoms with van der Waals surface area (Å²) in [6, 6.07) is 8.01. The largest absolute Gasteiger partial charge is 0.390 e. The zero-order valence-electron chi connectivity index (χ0n) is 8.53. The number of hydrogen-bond donors (Lipinski definition) is 2. The molecule has 1 aliphatic carbocycles. The van der Waals surface area contributed by atoms with Crippen LogP contribution in [0, 0.1) is 0 Å². The van der Waals surface area contributed by atoms with Crippen LogP contribution >= 0.6 is 0 Å². The first-order valence-electron chi connectivity index (χ1n) is 5.41. The molecular formula is C12H14N2O. The molecule has 3 rings (SSSR count). The van der Waals surface area contributed by atoms with Gasteiger partial charge in [0, 0.05) is 6.42 Å². The maximum absolute atomic E-state index is 9.72. The van der Waals surface area contributed by atoms with Gasteiger partial charge in [-0.15, -0.1) is 0 Å². The van der Waals surface area contributed by atoms with Gasteiger partial charge in [-0.3, -0.25) is 0 Å². The van der Waals surface area contributed by atoms with Crippen LogP contribution in [0.5, 0.6) is 0 Å². The SMILES string of the molecule is OC1(CCc2nc3ccccc3[nH]2)CC1. The molecule has 0 bridgehead atoms. The predicted molar refractivity (Wildman–Crippen MR) is 58.6 cm³/mol. The molecule has 3 heteroatoms. The van der Waals surface area contributed by atoms with Gasteiger partial charge in [-0.2, -0.15) is 0 Å². The van der Waals surface area contributed by atoms with Gasteiger partial charge in [-0.25, -0.2) is 4.98 Å². The molecule has 0 radical (unpaired) electrons. The maximum Gasteiger partial charge on any atom is 0.107 e. The Morgan fingerprint density at radius 1 is 1.33 bits per heavy atom. The van der Waals surface area contributed by atoms with Crippen molar-refractivity contribution in [1.82, 2.24) is 9.97 Å². The summed E-state index contributed by atoms with van der Waals surface area (Å²) in [7, 11) is 0. The Kier molecular flexibility index (Phi) is 1.83. The number of aromatic amines is 1. The Morgan fingerprint density at radius 3 is 2.87 bits per heavy atom. The fourth-order valence-electron chi connectivity index (χ4n) is 1.87. The smallest absolute Gasteiger partial charge is 0.107 e. The highest BCUT2D eigenvalue weighted by atomic mass is 16.3. The maximum atomic E-state index is 9.72. The van der Waals surface area contributed by atoms with Gasteiger partial charge in [0.05, 0.1) is 16.6 Å². The molecule has 1 fully saturated rings. The van der Waals surface area contributed by atoms with E-state index in [4.69, 9.17) is 0 Å². The second kappa shape index (κ2) is 3.07. The third-order valence-corrected chi connectivity index (χ3v) is 3.09. The number of para-hydroxylation sites is 2. The second-order valence-electron chi connectivity index (χ2n) is 4.42. The van der Waals surface area contributed by atoms with Crippen molar-refractivity contribution in [1.29, 1.82) is 0 Å². The third-order valence-electron chi connectivity index (χ3n) is 3.09. The number of H-pyrrole nitrogens is 1. The Bertz CT molecular complexity index is 452. The third kappa shape index (κ3) is 1.75. The highest BCUT2D eigenvalue weighted by Crippen LogP contribution is 2.39. The van der Waals surface area contributed by atoms with E-state index in [9.17, 15) is 5.11 Å². The summed E-state index contributed by atoms with van der Waals surface area (Å²) < 4.78 is 0. The first-order valence-corrected chi connectivity index (χ1v) is 5.41. The summed E-state index contributed by atoms with van der Waals surface area (Å²) in [6.07, 6.45) is 3.57. The molecule has 0 aliphatic heterocycles. The molecule has 0 saturated heterocycles. The molecule has 0 amide bonds. The number of imidazole rings is 1. The number of benzene rings is 1. The molecule has 1 aromatic heterocycles. The number of aromatic nitrogens is 2. The molecule has 1 heterocycles. The lowest BCUT2D eigenvalue weighted by atomic mass is 10.2. The van der Waals surface area contributed by atoms with Crippen LogP contribution in [0.25, 0.3) is 11.0 Å². The van der Waals surface area contributed by atoms with Crippen molar-refractivity contribution >= 4 is 11.0 Å². The Morgan fingerprint density at radius 2 is 2.13 bits per heavy atom. The second-order valence-corrected chi connectivity index (χ2v) is 4.42. The van der Waals surface area contributed by atoms with Crippen LogP contribution in [0.1, 0.15) is 25.1 Å². The number of hydrogen-bond acceptors (Lipinski definition) is 2. The predicted octanol–water partition coefficient (Wildman–Crippen LogP) is 2.02. The summed E-state index contributed by atoms with van der Waals surface area (Å²) in [5.74, 6) is 0.983. The minimum atomic E-state index is -0.376. The topological polar surface area (TPSA) is 48.9 Å². The van der Waals surface area contributed by atoms with E-state index in [1.54, 1.807) is 0 Å². The van der Waals surface area contributed by atoms with Crippen LogP contribution in [0.4, 0.5) is 0 Å². The first-order chi connectivity index (χ1) is 7.25. The number of rotatable bonds is 3. The van der Waals surface area contributed by atoms with Gasteiger partial charge in [-0.1, -0.05) is 12.1 Å². The molecule has 1 aromatic carbocycles. The summed E-state index contributed by atoms with van der Waals surface area (Å²) >= 11 is 0. The van der Waals surface area contributed by atoms with Gasteiger partial charge in [0.25, 0.3) is 0 Å². The van der Waals surface area contributed by atoms with E-state index in [0.717, 1.165) is 42.5 Å². The fraction of sp³-hybridized carbons (Fsp3) is 0.417. The van der Waals surface area contributed by atoms with Gasteiger partial charge in [0.15, 0.2) is 0 Å². The highest BCUT2D eigenvalue weighted by Gasteiger charge is 2.39. The lowest BCUT2D eigenvalue weighted by Crippen LogP contribution is -2.08. The monoisotopic (exact) mass is 202 g/mol. The number of nitrogens with zero attached hydrogens (tertiary/aromatic N) is 1. The number of nitrogens with one attached hydrogen (secondary N) is 1. The summed E-state index contributed by atoms with van der Waals surface area (Å²) in [5.41, 5.74) is 1.71. The zero-order valence-corrected chi connectivity index (χ0v) is 8.53. The van der Waals surface area contributed by atoms with E-state index in [-0.39, 0.29) is 5.60 Å². The van der Waals surface area contributed by atoms with Gasteiger partial charge < -0.3 is 10.1 Å². The van der Waals surface area contributed by atoms with Crippen molar-refractivity contribution in [3.63, 3.8) is 0 Å². The molecule has 1 aliphatic rings. The average Bonchev–Trinajstić information content (AvgIpc) is 2.83. The molecule has 3 nitrogen and oxygen atoms in total. The minimum absolute atomic E-state index is 0.376. The number of aryl methyl sites for hydroxylation is 1. The van der Waals surface area contributed by atoms with Gasteiger partial charge in [0.1, 0.15) is 5.82 Å². The molecule has 2 aromatic rings. The van der Waals surface area contributed by atoms with Crippen molar-refractivity contribution in [2.24, 2.45) is 0 Å². The Hall–Kier alpha value is -1.35. The van der Waals surface area contributed by atoms with E-state index in [1.165, 1.54) is 0 Å². The first kappa shape index (κ1) is 8.92. The zero-order chi connectivity index (χ0) is 10.3. The summed E-state index contributed by atoms with van der Waals surface area (Å²) in [4.78, 5) is 7.75. The molecule has 15 heavy (non-hydrogen) atoms. The Balaban J connectivity index is 1.79. The van der Waals surface area contributed by atoms with E-state index >= 15 is 0 Å². The van der Waals surface area contributed by atoms with Crippen molar-refractivity contribution in [3.05, 3.63) is 30.1 Å². The summed E-state index contributed by atoms with van der Waals surface area (Å²) in [6.45, 7) is 0. The summed E-state index contributed by atoms with van der Waals surface area (Å²) in [5, 5.41) is 9.72. The number of fused-ring (bicyclic) bond motifs is 1. The van der Waals surface area contributed by atoms with E-state index < -0.39 is 0 Å². The van der Waals surface area contributed by atoms with E-state index in [1.807, 2.05) is 24.3 Å². The van der Waals surface area contributed by atoms with Gasteiger partial charge in [-0.05, 0) is 31.4 Å². The van der Waals surface area contributed by atoms with E-state index in [2.05, 4.69) is 9.97 Å².